The summed E-state index contributed by atoms with van der Waals surface area (Å²) in [5, 5.41) is 2.90. The first kappa shape index (κ1) is 15.3. The van der Waals surface area contributed by atoms with Crippen LogP contribution in [0.2, 0.25) is 0 Å². The Hall–Kier alpha value is -2.63. The average Bonchev–Trinajstić information content (AvgIpc) is 3.12. The molecule has 1 aliphatic rings. The van der Waals surface area contributed by atoms with Crippen molar-refractivity contribution < 1.29 is 9.59 Å². The monoisotopic (exact) mass is 312 g/mol. The van der Waals surface area contributed by atoms with Crippen LogP contribution in [0.1, 0.15) is 28.2 Å². The summed E-state index contributed by atoms with van der Waals surface area (Å²) in [4.78, 5) is 32.9. The van der Waals surface area contributed by atoms with Crippen molar-refractivity contribution in [2.75, 3.05) is 13.1 Å². The van der Waals surface area contributed by atoms with E-state index >= 15 is 0 Å². The van der Waals surface area contributed by atoms with Gasteiger partial charge in [0.25, 0.3) is 5.91 Å². The summed E-state index contributed by atoms with van der Waals surface area (Å²) in [6.07, 6.45) is 2.67. The summed E-state index contributed by atoms with van der Waals surface area (Å²) in [5.74, 6) is -0.142. The lowest BCUT2D eigenvalue weighted by Crippen LogP contribution is -2.38. The molecule has 0 radical (unpaired) electrons. The number of nitrogens with zero attached hydrogens (tertiary/aromatic N) is 2. The highest BCUT2D eigenvalue weighted by atomic mass is 16.2. The number of likely N-dealkylation sites (tertiary alicyclic amines) is 1. The topological polar surface area (TPSA) is 78.1 Å². The summed E-state index contributed by atoms with van der Waals surface area (Å²) in [7, 11) is 0. The van der Waals surface area contributed by atoms with Gasteiger partial charge in [0.15, 0.2) is 0 Å². The van der Waals surface area contributed by atoms with Crippen LogP contribution in [0.25, 0.3) is 0 Å². The highest BCUT2D eigenvalue weighted by molar-refractivity contribution is 5.94. The average molecular weight is 312 g/mol. The molecule has 0 unspecified atom stereocenters. The molecule has 2 amide bonds. The molecule has 1 aromatic heterocycles. The van der Waals surface area contributed by atoms with Crippen molar-refractivity contribution in [1.82, 2.24) is 20.2 Å². The zero-order valence-electron chi connectivity index (χ0n) is 13.1. The van der Waals surface area contributed by atoms with E-state index in [-0.39, 0.29) is 17.9 Å². The molecule has 2 aromatic rings. The molecule has 23 heavy (non-hydrogen) atoms. The van der Waals surface area contributed by atoms with Gasteiger partial charge in [0.1, 0.15) is 5.69 Å². The maximum atomic E-state index is 12.2. The van der Waals surface area contributed by atoms with Gasteiger partial charge in [-0.15, -0.1) is 0 Å². The third kappa shape index (κ3) is 3.59. The van der Waals surface area contributed by atoms with Crippen LogP contribution in [-0.4, -0.2) is 45.8 Å². The number of aromatic amines is 1. The van der Waals surface area contributed by atoms with Crippen LogP contribution in [0.4, 0.5) is 0 Å². The van der Waals surface area contributed by atoms with Crippen LogP contribution in [0.15, 0.2) is 36.7 Å². The van der Waals surface area contributed by atoms with Crippen molar-refractivity contribution in [1.29, 1.82) is 0 Å². The van der Waals surface area contributed by atoms with E-state index in [0.717, 1.165) is 12.1 Å². The van der Waals surface area contributed by atoms with E-state index in [9.17, 15) is 9.59 Å². The molecule has 3 rings (SSSR count). The number of benzene rings is 1. The fourth-order valence-corrected chi connectivity index (χ4v) is 2.84. The molecular weight excluding hydrogens is 292 g/mol. The molecule has 1 atom stereocenters. The second-order valence-electron chi connectivity index (χ2n) is 5.83. The van der Waals surface area contributed by atoms with Crippen molar-refractivity contribution in [3.63, 3.8) is 0 Å². The van der Waals surface area contributed by atoms with E-state index in [0.29, 0.717) is 25.2 Å². The fraction of sp³-hybridized carbons (Fsp3) is 0.353. The molecule has 0 bridgehead atoms. The van der Waals surface area contributed by atoms with Crippen molar-refractivity contribution in [2.45, 2.75) is 25.8 Å². The number of nitrogens with one attached hydrogen (secondary N) is 2. The van der Waals surface area contributed by atoms with E-state index in [1.807, 2.05) is 23.1 Å². The summed E-state index contributed by atoms with van der Waals surface area (Å²) in [5.41, 5.74) is 2.33. The normalized spacial score (nSPS) is 17.5. The van der Waals surface area contributed by atoms with Gasteiger partial charge < -0.3 is 15.2 Å². The molecule has 1 saturated heterocycles. The fourth-order valence-electron chi connectivity index (χ4n) is 2.84. The van der Waals surface area contributed by atoms with E-state index in [4.69, 9.17) is 0 Å². The molecule has 6 heteroatoms. The number of amides is 2. The predicted molar refractivity (Wildman–Crippen MR) is 85.9 cm³/mol. The molecule has 120 valence electrons. The number of carbonyl (C=O) groups is 2. The largest absolute Gasteiger partial charge is 0.348 e. The van der Waals surface area contributed by atoms with Crippen LogP contribution < -0.4 is 5.32 Å². The predicted octanol–water partition coefficient (Wildman–Crippen LogP) is 1.29. The first-order chi connectivity index (χ1) is 11.1. The van der Waals surface area contributed by atoms with Crippen LogP contribution in [0.3, 0.4) is 0 Å². The molecular formula is C17H20N4O2. The van der Waals surface area contributed by atoms with Crippen LogP contribution in [-0.2, 0) is 11.2 Å². The maximum Gasteiger partial charge on any atom is 0.272 e. The lowest BCUT2D eigenvalue weighted by molar-refractivity contribution is -0.127. The first-order valence-electron chi connectivity index (χ1n) is 7.76. The SMILES string of the molecule is Cc1[nH]cnc1C(=O)N[C@@H]1CC(=O)N(CCc2ccccc2)C1. The highest BCUT2D eigenvalue weighted by Gasteiger charge is 2.30. The number of hydrogen-bond acceptors (Lipinski definition) is 3. The smallest absolute Gasteiger partial charge is 0.272 e. The van der Waals surface area contributed by atoms with E-state index in [2.05, 4.69) is 27.4 Å². The molecule has 1 aromatic carbocycles. The number of aromatic nitrogens is 2. The van der Waals surface area contributed by atoms with Crippen LogP contribution >= 0.6 is 0 Å². The van der Waals surface area contributed by atoms with Crippen molar-refractivity contribution >= 4 is 11.8 Å². The molecule has 6 nitrogen and oxygen atoms in total. The van der Waals surface area contributed by atoms with E-state index in [1.54, 1.807) is 6.92 Å². The van der Waals surface area contributed by atoms with Gasteiger partial charge in [-0.25, -0.2) is 4.98 Å². The Kier molecular flexibility index (Phi) is 4.41. The standard InChI is InChI=1S/C17H20N4O2/c1-12-16(19-11-18-12)17(23)20-14-9-15(22)21(10-14)8-7-13-5-3-2-4-6-13/h2-6,11,14H,7-10H2,1H3,(H,18,19)(H,20,23)/t14-/m1/s1. The number of rotatable bonds is 5. The van der Waals surface area contributed by atoms with Gasteiger partial charge in [0, 0.05) is 25.2 Å². The zero-order valence-corrected chi connectivity index (χ0v) is 13.1. The number of aryl methyl sites for hydroxylation is 1. The third-order valence-electron chi connectivity index (χ3n) is 4.11. The lowest BCUT2D eigenvalue weighted by atomic mass is 10.1. The third-order valence-corrected chi connectivity index (χ3v) is 4.11. The Labute approximate surface area is 134 Å². The van der Waals surface area contributed by atoms with Gasteiger partial charge >= 0.3 is 0 Å². The van der Waals surface area contributed by atoms with Gasteiger partial charge in [-0.05, 0) is 18.9 Å². The minimum atomic E-state index is -0.230. The molecule has 0 aliphatic carbocycles. The number of imidazole rings is 1. The van der Waals surface area contributed by atoms with E-state index in [1.165, 1.54) is 11.9 Å². The van der Waals surface area contributed by atoms with Gasteiger partial charge in [-0.2, -0.15) is 0 Å². The van der Waals surface area contributed by atoms with Crippen LogP contribution in [0.5, 0.6) is 0 Å². The molecule has 1 fully saturated rings. The first-order valence-corrected chi connectivity index (χ1v) is 7.76. The van der Waals surface area contributed by atoms with Crippen molar-refractivity contribution in [3.8, 4) is 0 Å². The van der Waals surface area contributed by atoms with Gasteiger partial charge in [0.2, 0.25) is 5.91 Å². The number of carbonyl (C=O) groups excluding carboxylic acids is 2. The summed E-state index contributed by atoms with van der Waals surface area (Å²) in [6, 6.07) is 9.93. The molecule has 0 saturated carbocycles. The molecule has 1 aliphatic heterocycles. The Balaban J connectivity index is 1.53. The Morgan fingerprint density at radius 2 is 2.17 bits per heavy atom. The van der Waals surface area contributed by atoms with E-state index < -0.39 is 0 Å². The highest BCUT2D eigenvalue weighted by Crippen LogP contribution is 2.13. The van der Waals surface area contributed by atoms with Crippen LogP contribution in [0, 0.1) is 6.92 Å². The van der Waals surface area contributed by atoms with Gasteiger partial charge in [-0.1, -0.05) is 30.3 Å². The number of H-pyrrole nitrogens is 1. The maximum absolute atomic E-state index is 12.2. The van der Waals surface area contributed by atoms with Crippen molar-refractivity contribution in [2.24, 2.45) is 0 Å². The Morgan fingerprint density at radius 3 is 2.87 bits per heavy atom. The minimum Gasteiger partial charge on any atom is -0.348 e. The second-order valence-corrected chi connectivity index (χ2v) is 5.83. The quantitative estimate of drug-likeness (QED) is 0.873. The van der Waals surface area contributed by atoms with Gasteiger partial charge in [0.05, 0.1) is 12.4 Å². The second kappa shape index (κ2) is 6.64. The summed E-state index contributed by atoms with van der Waals surface area (Å²) < 4.78 is 0. The number of hydrogen-bond donors (Lipinski definition) is 2. The summed E-state index contributed by atoms with van der Waals surface area (Å²) >= 11 is 0. The van der Waals surface area contributed by atoms with Gasteiger partial charge in [-0.3, -0.25) is 9.59 Å². The molecule has 2 N–H and O–H groups in total. The minimum absolute atomic E-state index is 0.0879. The zero-order chi connectivity index (χ0) is 16.2. The molecule has 0 spiro atoms. The Bertz CT molecular complexity index is 696. The Morgan fingerprint density at radius 1 is 1.39 bits per heavy atom. The lowest BCUT2D eigenvalue weighted by Gasteiger charge is -2.17. The van der Waals surface area contributed by atoms with Crippen molar-refractivity contribution in [3.05, 3.63) is 53.6 Å². The molecule has 2 heterocycles. The summed E-state index contributed by atoms with van der Waals surface area (Å²) in [6.45, 7) is 3.03.